The van der Waals surface area contributed by atoms with E-state index in [0.29, 0.717) is 5.76 Å². The Labute approximate surface area is 122 Å². The van der Waals surface area contributed by atoms with E-state index in [1.54, 1.807) is 19.1 Å². The van der Waals surface area contributed by atoms with Gasteiger partial charge in [-0.05, 0) is 43.3 Å². The lowest BCUT2D eigenvalue weighted by molar-refractivity contribution is 0.0600. The van der Waals surface area contributed by atoms with E-state index >= 15 is 0 Å². The first-order valence-electron chi connectivity index (χ1n) is 6.18. The number of hydrogen-bond donors (Lipinski definition) is 1. The van der Waals surface area contributed by atoms with Crippen LogP contribution >= 0.6 is 0 Å². The summed E-state index contributed by atoms with van der Waals surface area (Å²) in [4.78, 5) is 11.4. The third-order valence-electron chi connectivity index (χ3n) is 2.89. The minimum atomic E-state index is -3.70. The first kappa shape index (κ1) is 15.3. The predicted octanol–water partition coefficient (Wildman–Crippen LogP) is 2.11. The van der Waals surface area contributed by atoms with Gasteiger partial charge in [-0.15, -0.1) is 0 Å². The van der Waals surface area contributed by atoms with Crippen molar-refractivity contribution in [3.63, 3.8) is 0 Å². The van der Waals surface area contributed by atoms with Crippen LogP contribution in [0.15, 0.2) is 52.0 Å². The van der Waals surface area contributed by atoms with Crippen molar-refractivity contribution >= 4 is 16.0 Å². The summed E-state index contributed by atoms with van der Waals surface area (Å²) in [7, 11) is -2.43. The molecule has 2 aromatic rings. The second kappa shape index (κ2) is 6.11. The van der Waals surface area contributed by atoms with Gasteiger partial charge in [-0.2, -0.15) is 0 Å². The fraction of sp³-hybridized carbons (Fsp3) is 0.214. The molecule has 1 N–H and O–H groups in total. The van der Waals surface area contributed by atoms with Crippen molar-refractivity contribution in [3.8, 4) is 0 Å². The van der Waals surface area contributed by atoms with Gasteiger partial charge in [0.05, 0.1) is 29.9 Å². The molecule has 0 aliphatic heterocycles. The van der Waals surface area contributed by atoms with Crippen LogP contribution < -0.4 is 4.72 Å². The smallest absolute Gasteiger partial charge is 0.337 e. The Morgan fingerprint density at radius 3 is 2.43 bits per heavy atom. The molecule has 21 heavy (non-hydrogen) atoms. The van der Waals surface area contributed by atoms with Gasteiger partial charge >= 0.3 is 5.97 Å². The molecule has 0 radical (unpaired) electrons. The van der Waals surface area contributed by atoms with Gasteiger partial charge in [-0.1, -0.05) is 0 Å². The van der Waals surface area contributed by atoms with Crippen molar-refractivity contribution in [2.45, 2.75) is 17.9 Å². The fourth-order valence-corrected chi connectivity index (χ4v) is 3.00. The maximum absolute atomic E-state index is 12.2. The van der Waals surface area contributed by atoms with E-state index in [2.05, 4.69) is 9.46 Å². The molecule has 112 valence electrons. The molecule has 0 spiro atoms. The van der Waals surface area contributed by atoms with E-state index in [0.717, 1.165) is 0 Å². The van der Waals surface area contributed by atoms with Crippen molar-refractivity contribution in [1.29, 1.82) is 0 Å². The van der Waals surface area contributed by atoms with E-state index in [9.17, 15) is 13.2 Å². The SMILES string of the molecule is COC(=O)c1ccc(S(=O)(=O)N[C@H](C)c2ccco2)cc1. The summed E-state index contributed by atoms with van der Waals surface area (Å²) in [6.45, 7) is 1.68. The lowest BCUT2D eigenvalue weighted by atomic mass is 10.2. The predicted molar refractivity (Wildman–Crippen MR) is 75.2 cm³/mol. The lowest BCUT2D eigenvalue weighted by Gasteiger charge is -2.12. The van der Waals surface area contributed by atoms with E-state index in [1.165, 1.54) is 37.6 Å². The Hall–Kier alpha value is -2.12. The van der Waals surface area contributed by atoms with E-state index in [-0.39, 0.29) is 10.5 Å². The number of hydrogen-bond acceptors (Lipinski definition) is 5. The normalized spacial score (nSPS) is 12.9. The quantitative estimate of drug-likeness (QED) is 0.855. The average Bonchev–Trinajstić information content (AvgIpc) is 3.00. The van der Waals surface area contributed by atoms with Crippen LogP contribution in [0, 0.1) is 0 Å². The summed E-state index contributed by atoms with van der Waals surface area (Å²) >= 11 is 0. The summed E-state index contributed by atoms with van der Waals surface area (Å²) in [5.74, 6) is 0.000571. The number of carbonyl (C=O) groups excluding carboxylic acids is 1. The van der Waals surface area contributed by atoms with Crippen molar-refractivity contribution in [2.24, 2.45) is 0 Å². The van der Waals surface area contributed by atoms with E-state index in [1.807, 2.05) is 0 Å². The van der Waals surface area contributed by atoms with Gasteiger partial charge in [0.25, 0.3) is 0 Å². The topological polar surface area (TPSA) is 85.6 Å². The number of furan rings is 1. The number of carbonyl (C=O) groups is 1. The number of sulfonamides is 1. The molecule has 1 aromatic heterocycles. The third kappa shape index (κ3) is 3.50. The molecule has 1 heterocycles. The Kier molecular flexibility index (Phi) is 4.44. The zero-order chi connectivity index (χ0) is 15.5. The number of methoxy groups -OCH3 is 1. The minimum Gasteiger partial charge on any atom is -0.468 e. The first-order chi connectivity index (χ1) is 9.94. The fourth-order valence-electron chi connectivity index (χ4n) is 1.78. The molecule has 1 atom stereocenters. The molecule has 0 aliphatic rings. The molecular formula is C14H15NO5S. The number of benzene rings is 1. The second-order valence-corrected chi connectivity index (χ2v) is 6.09. The van der Waals surface area contributed by atoms with Crippen LogP contribution in [0.2, 0.25) is 0 Å². The Balaban J connectivity index is 2.18. The maximum atomic E-state index is 12.2. The van der Waals surface area contributed by atoms with Gasteiger partial charge in [-0.25, -0.2) is 17.9 Å². The van der Waals surface area contributed by atoms with Gasteiger partial charge in [0.2, 0.25) is 10.0 Å². The Bertz CT molecular complexity index is 704. The molecule has 0 aliphatic carbocycles. The number of esters is 1. The van der Waals surface area contributed by atoms with Crippen LogP contribution in [0.3, 0.4) is 0 Å². The van der Waals surface area contributed by atoms with Gasteiger partial charge < -0.3 is 9.15 Å². The van der Waals surface area contributed by atoms with Crippen LogP contribution in [0.4, 0.5) is 0 Å². The van der Waals surface area contributed by atoms with Crippen molar-refractivity contribution in [2.75, 3.05) is 7.11 Å². The average molecular weight is 309 g/mol. The van der Waals surface area contributed by atoms with Crippen LogP contribution in [-0.4, -0.2) is 21.5 Å². The van der Waals surface area contributed by atoms with E-state index in [4.69, 9.17) is 4.42 Å². The van der Waals surface area contributed by atoms with Crippen molar-refractivity contribution in [3.05, 3.63) is 54.0 Å². The molecule has 0 bridgehead atoms. The molecule has 0 unspecified atom stereocenters. The standard InChI is InChI=1S/C14H15NO5S/c1-10(13-4-3-9-20-13)15-21(17,18)12-7-5-11(6-8-12)14(16)19-2/h3-10,15H,1-2H3/t10-/m1/s1. The zero-order valence-electron chi connectivity index (χ0n) is 11.6. The summed E-state index contributed by atoms with van der Waals surface area (Å²) in [5.41, 5.74) is 0.288. The largest absolute Gasteiger partial charge is 0.468 e. The summed E-state index contributed by atoms with van der Waals surface area (Å²) in [6.07, 6.45) is 1.48. The molecule has 7 heteroatoms. The summed E-state index contributed by atoms with van der Waals surface area (Å²) < 4.78 is 36.7. The van der Waals surface area contributed by atoms with Crippen molar-refractivity contribution in [1.82, 2.24) is 4.72 Å². The second-order valence-electron chi connectivity index (χ2n) is 4.37. The molecule has 1 aromatic carbocycles. The van der Waals surface area contributed by atoms with Gasteiger partial charge in [0.15, 0.2) is 0 Å². The highest BCUT2D eigenvalue weighted by molar-refractivity contribution is 7.89. The highest BCUT2D eigenvalue weighted by Gasteiger charge is 2.20. The number of ether oxygens (including phenoxy) is 1. The Morgan fingerprint density at radius 2 is 1.90 bits per heavy atom. The van der Waals surface area contributed by atoms with Crippen LogP contribution in [0.25, 0.3) is 0 Å². The van der Waals surface area contributed by atoms with Crippen LogP contribution in [0.1, 0.15) is 29.1 Å². The maximum Gasteiger partial charge on any atom is 0.337 e. The van der Waals surface area contributed by atoms with Gasteiger partial charge in [0, 0.05) is 0 Å². The van der Waals surface area contributed by atoms with Crippen molar-refractivity contribution < 1.29 is 22.4 Å². The van der Waals surface area contributed by atoms with Crippen LogP contribution in [-0.2, 0) is 14.8 Å². The summed E-state index contributed by atoms with van der Waals surface area (Å²) in [6, 6.07) is 8.38. The number of rotatable bonds is 5. The van der Waals surface area contributed by atoms with Gasteiger partial charge in [0.1, 0.15) is 5.76 Å². The van der Waals surface area contributed by atoms with Crippen LogP contribution in [0.5, 0.6) is 0 Å². The van der Waals surface area contributed by atoms with E-state index < -0.39 is 22.0 Å². The highest BCUT2D eigenvalue weighted by Crippen LogP contribution is 2.17. The Morgan fingerprint density at radius 1 is 1.24 bits per heavy atom. The number of nitrogens with one attached hydrogen (secondary N) is 1. The zero-order valence-corrected chi connectivity index (χ0v) is 12.4. The minimum absolute atomic E-state index is 0.0635. The molecule has 2 rings (SSSR count). The molecular weight excluding hydrogens is 294 g/mol. The molecule has 0 fully saturated rings. The lowest BCUT2D eigenvalue weighted by Crippen LogP contribution is -2.26. The monoisotopic (exact) mass is 309 g/mol. The summed E-state index contributed by atoms with van der Waals surface area (Å²) in [5, 5.41) is 0. The third-order valence-corrected chi connectivity index (χ3v) is 4.44. The molecule has 0 saturated carbocycles. The van der Waals surface area contributed by atoms with Gasteiger partial charge in [-0.3, -0.25) is 0 Å². The molecule has 0 saturated heterocycles. The first-order valence-corrected chi connectivity index (χ1v) is 7.66. The molecule has 6 nitrogen and oxygen atoms in total. The molecule has 0 amide bonds. The highest BCUT2D eigenvalue weighted by atomic mass is 32.2.